The largest absolute Gasteiger partial charge is 0.340 e. The van der Waals surface area contributed by atoms with E-state index in [1.807, 2.05) is 27.6 Å². The van der Waals surface area contributed by atoms with Crippen LogP contribution in [0.15, 0.2) is 42.6 Å². The van der Waals surface area contributed by atoms with Gasteiger partial charge in [0.25, 0.3) is 0 Å². The highest BCUT2D eigenvalue weighted by molar-refractivity contribution is 5.88. The van der Waals surface area contributed by atoms with Gasteiger partial charge in [-0.05, 0) is 62.5 Å². The van der Waals surface area contributed by atoms with Crippen molar-refractivity contribution in [1.29, 1.82) is 0 Å². The van der Waals surface area contributed by atoms with Crippen molar-refractivity contribution in [2.24, 2.45) is 11.3 Å². The van der Waals surface area contributed by atoms with Gasteiger partial charge in [-0.15, -0.1) is 0 Å². The number of aromatic nitrogens is 2. The molecule has 1 saturated heterocycles. The van der Waals surface area contributed by atoms with Crippen LogP contribution in [0.2, 0.25) is 0 Å². The van der Waals surface area contributed by atoms with Crippen molar-refractivity contribution in [3.63, 3.8) is 0 Å². The van der Waals surface area contributed by atoms with Crippen LogP contribution in [0.4, 0.5) is 0 Å². The zero-order valence-corrected chi connectivity index (χ0v) is 18.8. The molecule has 2 aromatic rings. The van der Waals surface area contributed by atoms with Gasteiger partial charge in [0.05, 0.1) is 11.1 Å². The second-order valence-electron chi connectivity index (χ2n) is 10.3. The Morgan fingerprint density at radius 2 is 1.75 bits per heavy atom. The van der Waals surface area contributed by atoms with Crippen molar-refractivity contribution < 1.29 is 9.59 Å². The summed E-state index contributed by atoms with van der Waals surface area (Å²) in [6.07, 6.45) is 7.23. The normalized spacial score (nSPS) is 30.2. The van der Waals surface area contributed by atoms with Crippen LogP contribution in [-0.2, 0) is 9.59 Å². The fraction of sp³-hybridized carbons (Fsp3) is 0.577. The third-order valence-corrected chi connectivity index (χ3v) is 8.33. The second kappa shape index (κ2) is 7.46. The summed E-state index contributed by atoms with van der Waals surface area (Å²) in [5.41, 5.74) is 2.38. The molecule has 4 atom stereocenters. The van der Waals surface area contributed by atoms with E-state index in [9.17, 15) is 9.59 Å². The number of rotatable bonds is 5. The summed E-state index contributed by atoms with van der Waals surface area (Å²) in [5, 5.41) is 4.65. The molecule has 0 bridgehead atoms. The summed E-state index contributed by atoms with van der Waals surface area (Å²) in [5.74, 6) is 2.09. The molecule has 0 N–H and O–H groups in total. The van der Waals surface area contributed by atoms with E-state index in [0.29, 0.717) is 43.3 Å². The van der Waals surface area contributed by atoms with Crippen LogP contribution in [0.3, 0.4) is 0 Å². The predicted molar refractivity (Wildman–Crippen MR) is 121 cm³/mol. The highest BCUT2D eigenvalue weighted by Gasteiger charge is 2.72. The number of fused-ring (bicyclic) bond motifs is 1. The van der Waals surface area contributed by atoms with E-state index in [4.69, 9.17) is 0 Å². The Morgan fingerprint density at radius 3 is 2.50 bits per heavy atom. The van der Waals surface area contributed by atoms with E-state index in [0.717, 1.165) is 31.5 Å². The number of benzene rings is 1. The molecule has 3 aliphatic carbocycles. The van der Waals surface area contributed by atoms with Crippen LogP contribution in [0.1, 0.15) is 68.2 Å². The summed E-state index contributed by atoms with van der Waals surface area (Å²) in [6, 6.07) is 12.4. The highest BCUT2D eigenvalue weighted by atomic mass is 16.2. The Bertz CT molecular complexity index is 1030. The minimum atomic E-state index is -0.297. The molecule has 1 aromatic heterocycles. The molecule has 168 valence electrons. The third kappa shape index (κ3) is 3.26. The zero-order valence-electron chi connectivity index (χ0n) is 18.8. The summed E-state index contributed by atoms with van der Waals surface area (Å²) >= 11 is 0. The first-order valence-electron chi connectivity index (χ1n) is 12.2. The Labute approximate surface area is 189 Å². The lowest BCUT2D eigenvalue weighted by Gasteiger charge is -2.37. The molecular weight excluding hydrogens is 400 g/mol. The zero-order chi connectivity index (χ0) is 21.9. The Hall–Kier alpha value is -2.63. The third-order valence-electron chi connectivity index (χ3n) is 8.33. The maximum Gasteiger partial charge on any atom is 0.247 e. The minimum Gasteiger partial charge on any atom is -0.340 e. The lowest BCUT2D eigenvalue weighted by molar-refractivity contribution is -0.141. The van der Waals surface area contributed by atoms with E-state index in [2.05, 4.69) is 41.5 Å². The molecule has 6 rings (SSSR count). The molecule has 3 saturated carbocycles. The average Bonchev–Trinajstić information content (AvgIpc) is 3.71. The van der Waals surface area contributed by atoms with Crippen molar-refractivity contribution >= 4 is 11.8 Å². The van der Waals surface area contributed by atoms with Gasteiger partial charge in [-0.1, -0.05) is 30.3 Å². The van der Waals surface area contributed by atoms with Gasteiger partial charge < -0.3 is 9.80 Å². The Morgan fingerprint density at radius 1 is 1.00 bits per heavy atom. The van der Waals surface area contributed by atoms with Gasteiger partial charge in [0, 0.05) is 38.3 Å². The molecule has 32 heavy (non-hydrogen) atoms. The van der Waals surface area contributed by atoms with Gasteiger partial charge in [-0.25, -0.2) is 0 Å². The monoisotopic (exact) mass is 432 g/mol. The quantitative estimate of drug-likeness (QED) is 0.726. The highest BCUT2D eigenvalue weighted by Crippen LogP contribution is 2.74. The first-order valence-corrected chi connectivity index (χ1v) is 12.2. The molecule has 6 nitrogen and oxygen atoms in total. The summed E-state index contributed by atoms with van der Waals surface area (Å²) in [4.78, 5) is 30.5. The Kier molecular flexibility index (Phi) is 4.67. The lowest BCUT2D eigenvalue weighted by atomic mass is 9.70. The molecule has 1 unspecified atom stereocenters. The lowest BCUT2D eigenvalue weighted by Crippen LogP contribution is -2.45. The molecule has 6 heteroatoms. The summed E-state index contributed by atoms with van der Waals surface area (Å²) in [6.45, 7) is 4.68. The smallest absolute Gasteiger partial charge is 0.247 e. The van der Waals surface area contributed by atoms with Crippen LogP contribution < -0.4 is 0 Å². The number of carbonyl (C=O) groups is 2. The summed E-state index contributed by atoms with van der Waals surface area (Å²) in [7, 11) is 0. The summed E-state index contributed by atoms with van der Waals surface area (Å²) < 4.78 is 1.82. The molecular formula is C26H32N4O2. The van der Waals surface area contributed by atoms with Gasteiger partial charge in [0.2, 0.25) is 11.8 Å². The topological polar surface area (TPSA) is 58.4 Å². The van der Waals surface area contributed by atoms with Gasteiger partial charge >= 0.3 is 0 Å². The second-order valence-corrected chi connectivity index (χ2v) is 10.3. The minimum absolute atomic E-state index is 0.110. The number of hydrogen-bond acceptors (Lipinski definition) is 3. The van der Waals surface area contributed by atoms with E-state index in [1.54, 1.807) is 0 Å². The van der Waals surface area contributed by atoms with Crippen molar-refractivity contribution in [2.45, 2.75) is 56.9 Å². The molecule has 1 aliphatic heterocycles. The fourth-order valence-corrected chi connectivity index (χ4v) is 6.05. The van der Waals surface area contributed by atoms with Crippen molar-refractivity contribution in [3.8, 4) is 0 Å². The van der Waals surface area contributed by atoms with Gasteiger partial charge in [0.15, 0.2) is 0 Å². The number of carbonyl (C=O) groups excluding carboxylic acids is 2. The van der Waals surface area contributed by atoms with E-state index in [1.165, 1.54) is 18.4 Å². The van der Waals surface area contributed by atoms with Crippen LogP contribution in [0.5, 0.6) is 0 Å². The van der Waals surface area contributed by atoms with Crippen LogP contribution in [0, 0.1) is 11.3 Å². The first kappa shape index (κ1) is 20.0. The first-order chi connectivity index (χ1) is 15.6. The van der Waals surface area contributed by atoms with Crippen LogP contribution >= 0.6 is 0 Å². The molecule has 4 aliphatic rings. The molecule has 0 radical (unpaired) electrons. The maximum atomic E-state index is 13.4. The number of amides is 2. The average molecular weight is 433 g/mol. The standard InChI is InChI=1S/C26H32N4O2/c1-18(30-13-10-23(27-30)20-8-9-20)24(31)28-11-5-12-29(15-14-28)25(32)26-16-21(22(26)17-26)19-6-3-2-4-7-19/h2-4,6-7,10,13,18,20-22H,5,8-9,11-12,14-17H2,1H3/t18?,21-,22+,26-/m1/s1. The van der Waals surface area contributed by atoms with Crippen molar-refractivity contribution in [1.82, 2.24) is 19.6 Å². The van der Waals surface area contributed by atoms with E-state index in [-0.39, 0.29) is 17.4 Å². The van der Waals surface area contributed by atoms with Crippen LogP contribution in [0.25, 0.3) is 0 Å². The van der Waals surface area contributed by atoms with Gasteiger partial charge in [-0.2, -0.15) is 5.10 Å². The van der Waals surface area contributed by atoms with E-state index >= 15 is 0 Å². The number of nitrogens with zero attached hydrogens (tertiary/aromatic N) is 4. The molecule has 1 aromatic carbocycles. The van der Waals surface area contributed by atoms with Gasteiger partial charge in [-0.3, -0.25) is 14.3 Å². The fourth-order valence-electron chi connectivity index (χ4n) is 6.05. The van der Waals surface area contributed by atoms with Crippen molar-refractivity contribution in [3.05, 3.63) is 53.9 Å². The van der Waals surface area contributed by atoms with Crippen molar-refractivity contribution in [2.75, 3.05) is 26.2 Å². The molecule has 2 amide bonds. The molecule has 4 fully saturated rings. The van der Waals surface area contributed by atoms with E-state index < -0.39 is 0 Å². The Balaban J connectivity index is 1.06. The SMILES string of the molecule is CC(C(=O)N1CCCN(C(=O)[C@@]23C[C@H](c4ccccc4)[C@@H]2C3)CC1)n1ccc(C2CC2)n1. The molecule has 0 spiro atoms. The predicted octanol–water partition coefficient (Wildman–Crippen LogP) is 3.58. The van der Waals surface area contributed by atoms with Crippen LogP contribution in [-0.4, -0.2) is 57.6 Å². The maximum absolute atomic E-state index is 13.4. The van der Waals surface area contributed by atoms with Gasteiger partial charge in [0.1, 0.15) is 6.04 Å². The molecule has 2 heterocycles. The number of hydrogen-bond donors (Lipinski definition) is 0.